The predicted octanol–water partition coefficient (Wildman–Crippen LogP) is 3.50. The summed E-state index contributed by atoms with van der Waals surface area (Å²) in [7, 11) is 2.13. The molecule has 96 valence electrons. The van der Waals surface area contributed by atoms with E-state index < -0.39 is 0 Å². The Bertz CT molecular complexity index is 525. The van der Waals surface area contributed by atoms with Crippen LogP contribution in [-0.2, 0) is 7.05 Å². The van der Waals surface area contributed by atoms with Gasteiger partial charge in [-0.25, -0.2) is 0 Å². The van der Waals surface area contributed by atoms with Gasteiger partial charge in [-0.3, -0.25) is 0 Å². The summed E-state index contributed by atoms with van der Waals surface area (Å²) in [5, 5.41) is 4.74. The van der Waals surface area contributed by atoms with Gasteiger partial charge in [0.15, 0.2) is 0 Å². The number of rotatable bonds is 4. The molecule has 2 rings (SSSR count). The first kappa shape index (κ1) is 12.9. The number of nitrogens with one attached hydrogen (secondary N) is 1. The van der Waals surface area contributed by atoms with Gasteiger partial charge < -0.3 is 9.88 Å². The number of fused-ring (bicyclic) bond motifs is 1. The average molecular weight is 242 g/mol. The van der Waals surface area contributed by atoms with Gasteiger partial charge in [0, 0.05) is 29.7 Å². The van der Waals surface area contributed by atoms with Crippen LogP contribution in [-0.4, -0.2) is 17.2 Å². The maximum absolute atomic E-state index is 3.39. The second-order valence-electron chi connectivity index (χ2n) is 4.79. The van der Waals surface area contributed by atoms with E-state index >= 15 is 0 Å². The van der Waals surface area contributed by atoms with Crippen molar-refractivity contribution in [1.29, 1.82) is 0 Å². The standard InChI is InChI=1S/C16H22N2/c1-5-17-12(2)10-11-15-13(3)14-8-6-7-9-16(14)18(15)4/h6-12,17H,5H2,1-4H3/b11-10+. The predicted molar refractivity (Wildman–Crippen MR) is 79.8 cm³/mol. The summed E-state index contributed by atoms with van der Waals surface area (Å²) >= 11 is 0. The number of likely N-dealkylation sites (N-methyl/N-ethyl adjacent to an activating group) is 1. The van der Waals surface area contributed by atoms with Crippen molar-refractivity contribution >= 4 is 17.0 Å². The van der Waals surface area contributed by atoms with Crippen LogP contribution in [0.15, 0.2) is 30.3 Å². The smallest absolute Gasteiger partial charge is 0.0485 e. The van der Waals surface area contributed by atoms with Gasteiger partial charge >= 0.3 is 0 Å². The third-order valence-corrected chi connectivity index (χ3v) is 3.48. The van der Waals surface area contributed by atoms with Crippen LogP contribution in [0.3, 0.4) is 0 Å². The maximum Gasteiger partial charge on any atom is 0.0485 e. The van der Waals surface area contributed by atoms with Crippen LogP contribution in [0.2, 0.25) is 0 Å². The van der Waals surface area contributed by atoms with Crippen LogP contribution in [0.25, 0.3) is 17.0 Å². The SMILES string of the molecule is CCNC(C)/C=C/c1c(C)c2ccccc2n1C. The number of para-hydroxylation sites is 1. The molecule has 0 amide bonds. The monoisotopic (exact) mass is 242 g/mol. The van der Waals surface area contributed by atoms with Crippen LogP contribution in [0, 0.1) is 6.92 Å². The van der Waals surface area contributed by atoms with Gasteiger partial charge in [0.1, 0.15) is 0 Å². The summed E-state index contributed by atoms with van der Waals surface area (Å²) in [5.74, 6) is 0. The topological polar surface area (TPSA) is 17.0 Å². The van der Waals surface area contributed by atoms with Gasteiger partial charge in [0.25, 0.3) is 0 Å². The minimum Gasteiger partial charge on any atom is -0.344 e. The van der Waals surface area contributed by atoms with Crippen LogP contribution in [0.5, 0.6) is 0 Å². The van der Waals surface area contributed by atoms with Crippen molar-refractivity contribution in [3.8, 4) is 0 Å². The number of aryl methyl sites for hydroxylation is 2. The third kappa shape index (κ3) is 2.34. The van der Waals surface area contributed by atoms with Crippen LogP contribution in [0.1, 0.15) is 25.1 Å². The Morgan fingerprint density at radius 3 is 2.72 bits per heavy atom. The molecule has 0 bridgehead atoms. The fourth-order valence-corrected chi connectivity index (χ4v) is 2.46. The van der Waals surface area contributed by atoms with Gasteiger partial charge in [-0.05, 0) is 38.1 Å². The van der Waals surface area contributed by atoms with E-state index in [1.165, 1.54) is 22.2 Å². The molecular weight excluding hydrogens is 220 g/mol. The van der Waals surface area contributed by atoms with Gasteiger partial charge in [-0.2, -0.15) is 0 Å². The van der Waals surface area contributed by atoms with E-state index in [0.29, 0.717) is 6.04 Å². The molecule has 1 N–H and O–H groups in total. The molecule has 0 radical (unpaired) electrons. The van der Waals surface area contributed by atoms with E-state index in [-0.39, 0.29) is 0 Å². The highest BCUT2D eigenvalue weighted by atomic mass is 14.9. The van der Waals surface area contributed by atoms with Gasteiger partial charge in [-0.1, -0.05) is 31.2 Å². The fourth-order valence-electron chi connectivity index (χ4n) is 2.46. The highest BCUT2D eigenvalue weighted by Crippen LogP contribution is 2.25. The Morgan fingerprint density at radius 1 is 1.33 bits per heavy atom. The lowest BCUT2D eigenvalue weighted by Crippen LogP contribution is -2.22. The summed E-state index contributed by atoms with van der Waals surface area (Å²) in [4.78, 5) is 0. The van der Waals surface area contributed by atoms with Crippen molar-refractivity contribution in [2.75, 3.05) is 6.54 Å². The van der Waals surface area contributed by atoms with Crippen molar-refractivity contribution in [3.05, 3.63) is 41.6 Å². The van der Waals surface area contributed by atoms with E-state index in [1.807, 2.05) is 0 Å². The van der Waals surface area contributed by atoms with Crippen LogP contribution < -0.4 is 5.32 Å². The molecule has 2 aromatic rings. The second-order valence-corrected chi connectivity index (χ2v) is 4.79. The number of hydrogen-bond acceptors (Lipinski definition) is 1. The lowest BCUT2D eigenvalue weighted by molar-refractivity contribution is 0.662. The Morgan fingerprint density at radius 2 is 2.06 bits per heavy atom. The molecule has 0 fully saturated rings. The number of benzene rings is 1. The van der Waals surface area contributed by atoms with Crippen molar-refractivity contribution in [3.63, 3.8) is 0 Å². The minimum atomic E-state index is 0.410. The molecule has 1 unspecified atom stereocenters. The molecule has 2 heteroatoms. The van der Waals surface area contributed by atoms with E-state index in [2.05, 4.69) is 74.1 Å². The molecule has 18 heavy (non-hydrogen) atoms. The first-order chi connectivity index (χ1) is 8.65. The van der Waals surface area contributed by atoms with Crippen molar-refractivity contribution in [1.82, 2.24) is 9.88 Å². The molecule has 1 heterocycles. The van der Waals surface area contributed by atoms with E-state index in [0.717, 1.165) is 6.54 Å². The molecule has 0 aliphatic carbocycles. The summed E-state index contributed by atoms with van der Waals surface area (Å²) in [6.07, 6.45) is 4.45. The molecule has 2 nitrogen and oxygen atoms in total. The minimum absolute atomic E-state index is 0.410. The first-order valence-electron chi connectivity index (χ1n) is 6.60. The van der Waals surface area contributed by atoms with Crippen molar-refractivity contribution in [2.45, 2.75) is 26.8 Å². The molecule has 0 aliphatic rings. The lowest BCUT2D eigenvalue weighted by atomic mass is 10.1. The van der Waals surface area contributed by atoms with E-state index in [1.54, 1.807) is 0 Å². The van der Waals surface area contributed by atoms with Gasteiger partial charge in [0.2, 0.25) is 0 Å². The van der Waals surface area contributed by atoms with Crippen LogP contribution >= 0.6 is 0 Å². The summed E-state index contributed by atoms with van der Waals surface area (Å²) < 4.78 is 2.26. The second kappa shape index (κ2) is 5.40. The highest BCUT2D eigenvalue weighted by Gasteiger charge is 2.08. The zero-order chi connectivity index (χ0) is 13.1. The summed E-state index contributed by atoms with van der Waals surface area (Å²) in [6.45, 7) is 7.50. The Hall–Kier alpha value is -1.54. The van der Waals surface area contributed by atoms with Crippen molar-refractivity contribution in [2.24, 2.45) is 7.05 Å². The molecule has 1 aromatic carbocycles. The summed E-state index contributed by atoms with van der Waals surface area (Å²) in [5.41, 5.74) is 3.94. The molecular formula is C16H22N2. The van der Waals surface area contributed by atoms with Crippen molar-refractivity contribution < 1.29 is 0 Å². The quantitative estimate of drug-likeness (QED) is 0.868. The Labute approximate surface area is 109 Å². The average Bonchev–Trinajstić information content (AvgIpc) is 2.61. The van der Waals surface area contributed by atoms with Gasteiger partial charge in [0.05, 0.1) is 0 Å². The molecule has 1 atom stereocenters. The fraction of sp³-hybridized carbons (Fsp3) is 0.375. The maximum atomic E-state index is 3.39. The number of hydrogen-bond donors (Lipinski definition) is 1. The molecule has 0 aliphatic heterocycles. The number of aromatic nitrogens is 1. The van der Waals surface area contributed by atoms with E-state index in [4.69, 9.17) is 0 Å². The molecule has 0 spiro atoms. The molecule has 1 aromatic heterocycles. The van der Waals surface area contributed by atoms with Crippen LogP contribution in [0.4, 0.5) is 0 Å². The largest absolute Gasteiger partial charge is 0.344 e. The number of nitrogens with zero attached hydrogens (tertiary/aromatic N) is 1. The zero-order valence-corrected chi connectivity index (χ0v) is 11.7. The van der Waals surface area contributed by atoms with E-state index in [9.17, 15) is 0 Å². The first-order valence-corrected chi connectivity index (χ1v) is 6.60. The highest BCUT2D eigenvalue weighted by molar-refractivity contribution is 5.87. The normalized spacial score (nSPS) is 13.6. The Balaban J connectivity index is 2.39. The van der Waals surface area contributed by atoms with Gasteiger partial charge in [-0.15, -0.1) is 0 Å². The lowest BCUT2D eigenvalue weighted by Gasteiger charge is -2.06. The Kier molecular flexibility index (Phi) is 3.87. The molecule has 0 saturated heterocycles. The molecule has 0 saturated carbocycles. The third-order valence-electron chi connectivity index (χ3n) is 3.48. The summed E-state index contributed by atoms with van der Waals surface area (Å²) in [6, 6.07) is 8.97. The zero-order valence-electron chi connectivity index (χ0n) is 11.7.